The van der Waals surface area contributed by atoms with E-state index in [2.05, 4.69) is 11.9 Å². The molecule has 0 heterocycles. The molecule has 1 N–H and O–H groups in total. The fourth-order valence-corrected chi connectivity index (χ4v) is 2.93. The molecule has 1 aliphatic carbocycles. The molecule has 0 radical (unpaired) electrons. The number of nitrogens with zero attached hydrogens (tertiary/aromatic N) is 2. The van der Waals surface area contributed by atoms with Crippen LogP contribution in [0.1, 0.15) is 26.2 Å². The zero-order valence-corrected chi connectivity index (χ0v) is 12.5. The summed E-state index contributed by atoms with van der Waals surface area (Å²) in [5.74, 6) is 0. The first-order valence-electron chi connectivity index (χ1n) is 6.39. The summed E-state index contributed by atoms with van der Waals surface area (Å²) in [5, 5.41) is 3.38. The molecule has 0 spiro atoms. The molecule has 0 bridgehead atoms. The second-order valence-corrected chi connectivity index (χ2v) is 7.27. The Balaban J connectivity index is 2.32. The molecular weight excluding hydrogens is 250 g/mol. The van der Waals surface area contributed by atoms with Gasteiger partial charge < -0.3 is 5.32 Å². The average Bonchev–Trinajstić information content (AvgIpc) is 3.06. The van der Waals surface area contributed by atoms with Crippen molar-refractivity contribution in [2.45, 2.75) is 32.2 Å². The Morgan fingerprint density at radius 2 is 1.94 bits per heavy atom. The van der Waals surface area contributed by atoms with Gasteiger partial charge in [0.2, 0.25) is 0 Å². The normalized spacial score (nSPS) is 16.5. The molecule has 5 nitrogen and oxygen atoms in total. The van der Waals surface area contributed by atoms with Crippen LogP contribution in [0.2, 0.25) is 0 Å². The second-order valence-electron chi connectivity index (χ2n) is 5.12. The van der Waals surface area contributed by atoms with Crippen LogP contribution in [-0.4, -0.2) is 56.8 Å². The van der Waals surface area contributed by atoms with Gasteiger partial charge in [-0.05, 0) is 32.7 Å². The van der Waals surface area contributed by atoms with Crippen molar-refractivity contribution in [3.05, 3.63) is 12.2 Å². The molecule has 1 aliphatic rings. The molecule has 0 aliphatic heterocycles. The first-order chi connectivity index (χ1) is 8.34. The molecule has 1 rings (SSSR count). The minimum Gasteiger partial charge on any atom is -0.314 e. The van der Waals surface area contributed by atoms with E-state index in [1.165, 1.54) is 21.5 Å². The van der Waals surface area contributed by atoms with E-state index in [0.29, 0.717) is 19.1 Å². The highest BCUT2D eigenvalue weighted by atomic mass is 32.2. The number of hydrogen-bond acceptors (Lipinski definition) is 3. The molecule has 106 valence electrons. The van der Waals surface area contributed by atoms with Crippen LogP contribution in [-0.2, 0) is 10.2 Å². The van der Waals surface area contributed by atoms with E-state index in [4.69, 9.17) is 0 Å². The number of nitrogens with one attached hydrogen (secondary N) is 1. The van der Waals surface area contributed by atoms with E-state index in [1.807, 2.05) is 6.92 Å². The fraction of sp³-hybridized carbons (Fsp3) is 0.833. The summed E-state index contributed by atoms with van der Waals surface area (Å²) in [4.78, 5) is 0. The van der Waals surface area contributed by atoms with E-state index in [-0.39, 0.29) is 0 Å². The molecule has 1 fully saturated rings. The van der Waals surface area contributed by atoms with Crippen LogP contribution in [0.5, 0.6) is 0 Å². The van der Waals surface area contributed by atoms with Gasteiger partial charge in [-0.2, -0.15) is 17.0 Å². The molecule has 18 heavy (non-hydrogen) atoms. The Hall–Kier alpha value is -0.430. The SMILES string of the molecule is C=C(C)CN(C)S(=O)(=O)N(C)CCCNC1CC1. The van der Waals surface area contributed by atoms with Gasteiger partial charge in [-0.1, -0.05) is 12.2 Å². The lowest BCUT2D eigenvalue weighted by atomic mass is 10.4. The third kappa shape index (κ3) is 5.06. The van der Waals surface area contributed by atoms with Gasteiger partial charge in [0.25, 0.3) is 10.2 Å². The van der Waals surface area contributed by atoms with E-state index < -0.39 is 10.2 Å². The molecular formula is C12H25N3O2S. The zero-order chi connectivity index (χ0) is 13.8. The Kier molecular flexibility index (Phi) is 5.78. The lowest BCUT2D eigenvalue weighted by Gasteiger charge is -2.24. The van der Waals surface area contributed by atoms with Crippen LogP contribution in [0, 0.1) is 0 Å². The smallest absolute Gasteiger partial charge is 0.281 e. The highest BCUT2D eigenvalue weighted by Crippen LogP contribution is 2.18. The lowest BCUT2D eigenvalue weighted by molar-refractivity contribution is 0.397. The van der Waals surface area contributed by atoms with Crippen LogP contribution in [0.25, 0.3) is 0 Å². The van der Waals surface area contributed by atoms with E-state index in [1.54, 1.807) is 14.1 Å². The van der Waals surface area contributed by atoms with Crippen molar-refractivity contribution < 1.29 is 8.42 Å². The summed E-state index contributed by atoms with van der Waals surface area (Å²) < 4.78 is 26.9. The third-order valence-electron chi connectivity index (χ3n) is 2.94. The predicted molar refractivity (Wildman–Crippen MR) is 74.6 cm³/mol. The Labute approximate surface area is 111 Å². The maximum absolute atomic E-state index is 12.1. The van der Waals surface area contributed by atoms with Crippen molar-refractivity contribution >= 4 is 10.2 Å². The molecule has 0 saturated heterocycles. The Morgan fingerprint density at radius 1 is 1.33 bits per heavy atom. The first kappa shape index (κ1) is 15.6. The van der Waals surface area contributed by atoms with Gasteiger partial charge in [-0.3, -0.25) is 0 Å². The summed E-state index contributed by atoms with van der Waals surface area (Å²) in [6.07, 6.45) is 3.36. The molecule has 0 atom stereocenters. The highest BCUT2D eigenvalue weighted by molar-refractivity contribution is 7.86. The van der Waals surface area contributed by atoms with Gasteiger partial charge in [-0.15, -0.1) is 0 Å². The van der Waals surface area contributed by atoms with Gasteiger partial charge in [0, 0.05) is 33.2 Å². The van der Waals surface area contributed by atoms with Crippen LogP contribution >= 0.6 is 0 Å². The summed E-state index contributed by atoms with van der Waals surface area (Å²) in [5.41, 5.74) is 0.838. The van der Waals surface area contributed by atoms with Crippen molar-refractivity contribution in [2.75, 3.05) is 33.7 Å². The maximum atomic E-state index is 12.1. The van der Waals surface area contributed by atoms with Crippen molar-refractivity contribution in [2.24, 2.45) is 0 Å². The third-order valence-corrected chi connectivity index (χ3v) is 4.83. The van der Waals surface area contributed by atoms with Crippen LogP contribution in [0.4, 0.5) is 0 Å². The number of rotatable bonds is 9. The standard InChI is InChI=1S/C12H25N3O2S/c1-11(2)10-15(4)18(16,17)14(3)9-5-8-13-12-6-7-12/h12-13H,1,5-10H2,2-4H3. The summed E-state index contributed by atoms with van der Waals surface area (Å²) >= 11 is 0. The van der Waals surface area contributed by atoms with Crippen molar-refractivity contribution in [3.8, 4) is 0 Å². The largest absolute Gasteiger partial charge is 0.314 e. The first-order valence-corrected chi connectivity index (χ1v) is 7.79. The summed E-state index contributed by atoms with van der Waals surface area (Å²) in [7, 11) is -0.128. The van der Waals surface area contributed by atoms with Gasteiger partial charge in [0.05, 0.1) is 0 Å². The Bertz CT molecular complexity index is 377. The van der Waals surface area contributed by atoms with E-state index >= 15 is 0 Å². The van der Waals surface area contributed by atoms with Crippen LogP contribution < -0.4 is 5.32 Å². The minimum atomic E-state index is -3.34. The monoisotopic (exact) mass is 275 g/mol. The highest BCUT2D eigenvalue weighted by Gasteiger charge is 2.23. The van der Waals surface area contributed by atoms with Gasteiger partial charge in [0.15, 0.2) is 0 Å². The van der Waals surface area contributed by atoms with Gasteiger partial charge >= 0.3 is 0 Å². The molecule has 0 amide bonds. The molecule has 6 heteroatoms. The van der Waals surface area contributed by atoms with Crippen LogP contribution in [0.3, 0.4) is 0 Å². The maximum Gasteiger partial charge on any atom is 0.281 e. The topological polar surface area (TPSA) is 52.7 Å². The van der Waals surface area contributed by atoms with Crippen molar-refractivity contribution in [3.63, 3.8) is 0 Å². The van der Waals surface area contributed by atoms with Gasteiger partial charge in [-0.25, -0.2) is 0 Å². The predicted octanol–water partition coefficient (Wildman–Crippen LogP) is 0.813. The Morgan fingerprint density at radius 3 is 2.44 bits per heavy atom. The minimum absolute atomic E-state index is 0.368. The van der Waals surface area contributed by atoms with E-state index in [0.717, 1.165) is 18.5 Å². The molecule has 1 saturated carbocycles. The molecule has 0 unspecified atom stereocenters. The molecule has 0 aromatic rings. The van der Waals surface area contributed by atoms with Crippen molar-refractivity contribution in [1.29, 1.82) is 0 Å². The fourth-order valence-electron chi connectivity index (χ4n) is 1.71. The van der Waals surface area contributed by atoms with Crippen molar-refractivity contribution in [1.82, 2.24) is 13.9 Å². The quantitative estimate of drug-likeness (QED) is 0.500. The van der Waals surface area contributed by atoms with Gasteiger partial charge in [0.1, 0.15) is 0 Å². The number of likely N-dealkylation sites (N-methyl/N-ethyl adjacent to an activating group) is 1. The second kappa shape index (κ2) is 6.65. The molecule has 0 aromatic heterocycles. The van der Waals surface area contributed by atoms with Crippen LogP contribution in [0.15, 0.2) is 12.2 Å². The lowest BCUT2D eigenvalue weighted by Crippen LogP contribution is -2.41. The average molecular weight is 275 g/mol. The summed E-state index contributed by atoms with van der Waals surface area (Å²) in [6.45, 7) is 7.36. The zero-order valence-electron chi connectivity index (χ0n) is 11.6. The van der Waals surface area contributed by atoms with E-state index in [9.17, 15) is 8.42 Å². The summed E-state index contributed by atoms with van der Waals surface area (Å²) in [6, 6.07) is 0.679. The number of hydrogen-bond donors (Lipinski definition) is 1. The molecule has 0 aromatic carbocycles.